The second kappa shape index (κ2) is 20.2. The maximum Gasteiger partial charge on any atom is 0.132 e. The highest BCUT2D eigenvalue weighted by Gasteiger charge is 2.16. The fourth-order valence-electron chi connectivity index (χ4n) is 3.37. The van der Waals surface area contributed by atoms with Crippen LogP contribution in [0.1, 0.15) is 104 Å². The second-order valence-electron chi connectivity index (χ2n) is 7.62. The van der Waals surface area contributed by atoms with E-state index >= 15 is 0 Å². The molecule has 0 saturated carbocycles. The molecule has 0 aromatic rings. The predicted octanol–water partition coefficient (Wildman–Crippen LogP) is 7.41. The first kappa shape index (κ1) is 26.4. The number of unbranched alkanes of at least 4 members (excludes halogenated alkanes) is 6. The van der Waals surface area contributed by atoms with Gasteiger partial charge < -0.3 is 4.79 Å². The molecule has 0 rings (SSSR count). The van der Waals surface area contributed by atoms with Crippen LogP contribution in [0, 0.1) is 11.8 Å². The van der Waals surface area contributed by atoms with Crippen molar-refractivity contribution in [3.05, 3.63) is 12.2 Å². The van der Waals surface area contributed by atoms with E-state index in [1.54, 1.807) is 0 Å². The van der Waals surface area contributed by atoms with Gasteiger partial charge >= 0.3 is 0 Å². The highest BCUT2D eigenvalue weighted by Crippen LogP contribution is 2.22. The molecule has 0 N–H and O–H groups in total. The van der Waals surface area contributed by atoms with Crippen molar-refractivity contribution in [2.75, 3.05) is 11.5 Å². The van der Waals surface area contributed by atoms with E-state index in [4.69, 9.17) is 0 Å². The molecule has 0 aliphatic rings. The number of Topliss-reactive ketones (excluding diaryl/α,β-unsaturated/α-hetero) is 1. The lowest BCUT2D eigenvalue weighted by molar-refractivity contribution is -0.119. The summed E-state index contributed by atoms with van der Waals surface area (Å²) in [6, 6.07) is 0. The maximum absolute atomic E-state index is 11.9. The number of rotatable bonds is 20. The molecule has 0 fully saturated rings. The molecule has 0 spiro atoms. The number of carbonyl (C=O) groups excluding carboxylic acids is 2. The Balaban J connectivity index is 3.64. The maximum atomic E-state index is 11.9. The predicted molar refractivity (Wildman–Crippen MR) is 122 cm³/mol. The first-order chi connectivity index (χ1) is 13.2. The van der Waals surface area contributed by atoms with Gasteiger partial charge in [-0.25, -0.2) is 0 Å². The van der Waals surface area contributed by atoms with Gasteiger partial charge in [-0.05, 0) is 49.5 Å². The number of hydrogen-bond donors (Lipinski definition) is 0. The lowest BCUT2D eigenvalue weighted by atomic mass is 9.88. The van der Waals surface area contributed by atoms with Crippen molar-refractivity contribution in [3.8, 4) is 0 Å². The smallest absolute Gasteiger partial charge is 0.132 e. The molecule has 2 unspecified atom stereocenters. The van der Waals surface area contributed by atoms with Crippen LogP contribution in [0.5, 0.6) is 0 Å². The van der Waals surface area contributed by atoms with Crippen molar-refractivity contribution in [1.82, 2.24) is 0 Å². The van der Waals surface area contributed by atoms with Crippen molar-refractivity contribution >= 4 is 23.8 Å². The van der Waals surface area contributed by atoms with Crippen LogP contribution in [0.2, 0.25) is 0 Å². The van der Waals surface area contributed by atoms with Crippen LogP contribution in [0.15, 0.2) is 12.2 Å². The molecule has 0 aliphatic carbocycles. The summed E-state index contributed by atoms with van der Waals surface area (Å²) in [4.78, 5) is 23.3. The SMILES string of the molecule is CC/C=C/C(CC)C(C=O)CCSCCCC(=O)CCCCCCCCC. The largest absolute Gasteiger partial charge is 0.303 e. The molecule has 0 radical (unpaired) electrons. The van der Waals surface area contributed by atoms with E-state index in [2.05, 4.69) is 32.9 Å². The average molecular weight is 397 g/mol. The molecule has 3 heteroatoms. The van der Waals surface area contributed by atoms with Crippen molar-refractivity contribution in [2.24, 2.45) is 11.8 Å². The lowest BCUT2D eigenvalue weighted by Crippen LogP contribution is -2.14. The Kier molecular flexibility index (Phi) is 19.7. The highest BCUT2D eigenvalue weighted by atomic mass is 32.2. The van der Waals surface area contributed by atoms with E-state index in [1.165, 1.54) is 38.5 Å². The Morgan fingerprint density at radius 3 is 2.15 bits per heavy atom. The molecule has 0 aromatic heterocycles. The zero-order chi connectivity index (χ0) is 20.2. The topological polar surface area (TPSA) is 34.1 Å². The van der Waals surface area contributed by atoms with Crippen LogP contribution >= 0.6 is 11.8 Å². The molecule has 0 heterocycles. The second-order valence-corrected chi connectivity index (χ2v) is 8.85. The minimum Gasteiger partial charge on any atom is -0.303 e. The summed E-state index contributed by atoms with van der Waals surface area (Å²) < 4.78 is 0. The number of allylic oxidation sites excluding steroid dienone is 2. The van der Waals surface area contributed by atoms with Crippen LogP contribution < -0.4 is 0 Å². The zero-order valence-corrected chi connectivity index (χ0v) is 19.0. The van der Waals surface area contributed by atoms with Gasteiger partial charge in [-0.15, -0.1) is 0 Å². The number of aldehydes is 1. The average Bonchev–Trinajstić information content (AvgIpc) is 2.68. The summed E-state index contributed by atoms with van der Waals surface area (Å²) in [6.45, 7) is 6.53. The summed E-state index contributed by atoms with van der Waals surface area (Å²) in [5.41, 5.74) is 0. The van der Waals surface area contributed by atoms with Crippen LogP contribution in [0.4, 0.5) is 0 Å². The third-order valence-electron chi connectivity index (χ3n) is 5.21. The first-order valence-corrected chi connectivity index (χ1v) is 12.6. The molecule has 0 aromatic carbocycles. The monoisotopic (exact) mass is 396 g/mol. The Morgan fingerprint density at radius 2 is 1.52 bits per heavy atom. The number of ketones is 1. The van der Waals surface area contributed by atoms with Gasteiger partial charge in [0.25, 0.3) is 0 Å². The van der Waals surface area contributed by atoms with Gasteiger partial charge in [0.2, 0.25) is 0 Å². The van der Waals surface area contributed by atoms with Crippen molar-refractivity contribution in [1.29, 1.82) is 0 Å². The Morgan fingerprint density at radius 1 is 0.852 bits per heavy atom. The third kappa shape index (κ3) is 16.1. The summed E-state index contributed by atoms with van der Waals surface area (Å²) in [7, 11) is 0. The van der Waals surface area contributed by atoms with Gasteiger partial charge in [0.1, 0.15) is 12.1 Å². The van der Waals surface area contributed by atoms with Gasteiger partial charge in [-0.3, -0.25) is 4.79 Å². The molecular formula is C24H44O2S. The van der Waals surface area contributed by atoms with Crippen LogP contribution in [0.25, 0.3) is 0 Å². The summed E-state index contributed by atoms with van der Waals surface area (Å²) >= 11 is 1.90. The fourth-order valence-corrected chi connectivity index (χ4v) is 4.36. The quantitative estimate of drug-likeness (QED) is 0.122. The number of carbonyl (C=O) groups is 2. The van der Waals surface area contributed by atoms with E-state index in [9.17, 15) is 9.59 Å². The summed E-state index contributed by atoms with van der Waals surface area (Å²) in [5, 5.41) is 0. The molecule has 158 valence electrons. The van der Waals surface area contributed by atoms with Gasteiger partial charge in [-0.1, -0.05) is 71.4 Å². The Hall–Kier alpha value is -0.570. The van der Waals surface area contributed by atoms with Crippen molar-refractivity contribution < 1.29 is 9.59 Å². The normalized spacial score (nSPS) is 13.7. The first-order valence-electron chi connectivity index (χ1n) is 11.4. The summed E-state index contributed by atoms with van der Waals surface area (Å²) in [6.07, 6.45) is 19.9. The van der Waals surface area contributed by atoms with E-state index in [-0.39, 0.29) is 5.92 Å². The van der Waals surface area contributed by atoms with Crippen LogP contribution in [0.3, 0.4) is 0 Å². The molecule has 0 saturated heterocycles. The molecule has 0 amide bonds. The molecule has 0 bridgehead atoms. The van der Waals surface area contributed by atoms with Gasteiger partial charge in [0.15, 0.2) is 0 Å². The van der Waals surface area contributed by atoms with Crippen LogP contribution in [-0.4, -0.2) is 23.6 Å². The van der Waals surface area contributed by atoms with E-state index in [0.29, 0.717) is 11.7 Å². The minimum absolute atomic E-state index is 0.143. The molecule has 2 atom stereocenters. The minimum atomic E-state index is 0.143. The molecule has 0 aliphatic heterocycles. The standard InChI is InChI=1S/C24H44O2S/c1-4-7-9-10-11-12-13-16-24(26)17-14-19-27-20-18-23(21-25)22(6-3)15-8-5-2/h8,15,21-23H,4-7,9-14,16-20H2,1-3H3/b15-8+. The fraction of sp³-hybridized carbons (Fsp3) is 0.833. The summed E-state index contributed by atoms with van der Waals surface area (Å²) in [5.74, 6) is 3.02. The highest BCUT2D eigenvalue weighted by molar-refractivity contribution is 7.99. The van der Waals surface area contributed by atoms with E-state index in [0.717, 1.165) is 62.7 Å². The van der Waals surface area contributed by atoms with Gasteiger partial charge in [0.05, 0.1) is 0 Å². The molecule has 27 heavy (non-hydrogen) atoms. The van der Waals surface area contributed by atoms with Gasteiger partial charge in [0, 0.05) is 18.8 Å². The van der Waals surface area contributed by atoms with E-state index in [1.807, 2.05) is 11.8 Å². The number of hydrogen-bond acceptors (Lipinski definition) is 3. The number of thioether (sulfide) groups is 1. The molecular weight excluding hydrogens is 352 g/mol. The Labute approximate surface area is 173 Å². The van der Waals surface area contributed by atoms with E-state index < -0.39 is 0 Å². The van der Waals surface area contributed by atoms with Crippen molar-refractivity contribution in [2.45, 2.75) is 104 Å². The van der Waals surface area contributed by atoms with Gasteiger partial charge in [-0.2, -0.15) is 11.8 Å². The van der Waals surface area contributed by atoms with Crippen molar-refractivity contribution in [3.63, 3.8) is 0 Å². The third-order valence-corrected chi connectivity index (χ3v) is 6.32. The van der Waals surface area contributed by atoms with Crippen LogP contribution in [-0.2, 0) is 9.59 Å². The zero-order valence-electron chi connectivity index (χ0n) is 18.2. The lowest BCUT2D eigenvalue weighted by Gasteiger charge is -2.18. The molecule has 2 nitrogen and oxygen atoms in total. The Bertz CT molecular complexity index is 379.